The van der Waals surface area contributed by atoms with E-state index in [2.05, 4.69) is 16.3 Å². The van der Waals surface area contributed by atoms with Crippen LogP contribution in [0.15, 0.2) is 82.7 Å². The number of hydrogen-bond acceptors (Lipinski definition) is 6. The van der Waals surface area contributed by atoms with Crippen LogP contribution in [0, 0.1) is 0 Å². The van der Waals surface area contributed by atoms with E-state index in [0.717, 1.165) is 30.1 Å². The number of ether oxygens (including phenoxy) is 1. The predicted octanol–water partition coefficient (Wildman–Crippen LogP) is 5.56. The molecule has 0 aliphatic carbocycles. The lowest BCUT2D eigenvalue weighted by Gasteiger charge is -2.29. The summed E-state index contributed by atoms with van der Waals surface area (Å²) in [6.07, 6.45) is 3.59. The molecule has 1 aliphatic rings. The SMILES string of the molecule is CCOc1ccc(NC(=O)CSc2nc3ccc(N4CCCCC4)cc3c(=O)n2Cc2ccccc2)cc1. The third-order valence-electron chi connectivity index (χ3n) is 6.59. The highest BCUT2D eigenvalue weighted by Gasteiger charge is 2.17. The summed E-state index contributed by atoms with van der Waals surface area (Å²) >= 11 is 1.27. The Balaban J connectivity index is 1.40. The highest BCUT2D eigenvalue weighted by Crippen LogP contribution is 2.25. The number of amides is 1. The molecule has 7 nitrogen and oxygen atoms in total. The number of aromatic nitrogens is 2. The molecule has 0 saturated carbocycles. The highest BCUT2D eigenvalue weighted by atomic mass is 32.2. The summed E-state index contributed by atoms with van der Waals surface area (Å²) in [7, 11) is 0. The Hall–Kier alpha value is -3.78. The zero-order valence-electron chi connectivity index (χ0n) is 21.6. The minimum absolute atomic E-state index is 0.0906. The fourth-order valence-electron chi connectivity index (χ4n) is 4.68. The molecule has 1 saturated heterocycles. The van der Waals surface area contributed by atoms with Gasteiger partial charge in [0.1, 0.15) is 5.75 Å². The molecule has 8 heteroatoms. The van der Waals surface area contributed by atoms with Crippen LogP contribution in [0.4, 0.5) is 11.4 Å². The van der Waals surface area contributed by atoms with Gasteiger partial charge in [0.25, 0.3) is 5.56 Å². The lowest BCUT2D eigenvalue weighted by atomic mass is 10.1. The molecule has 5 rings (SSSR count). The average Bonchev–Trinajstić information content (AvgIpc) is 2.96. The highest BCUT2D eigenvalue weighted by molar-refractivity contribution is 7.99. The Morgan fingerprint density at radius 2 is 1.76 bits per heavy atom. The summed E-state index contributed by atoms with van der Waals surface area (Å²) in [6.45, 7) is 4.92. The molecule has 2 heterocycles. The van der Waals surface area contributed by atoms with Gasteiger partial charge in [-0.25, -0.2) is 4.98 Å². The summed E-state index contributed by atoms with van der Waals surface area (Å²) in [5.41, 5.74) is 3.32. The number of hydrogen-bond donors (Lipinski definition) is 1. The van der Waals surface area contributed by atoms with Crippen LogP contribution in [-0.4, -0.2) is 40.9 Å². The van der Waals surface area contributed by atoms with E-state index < -0.39 is 0 Å². The van der Waals surface area contributed by atoms with E-state index in [0.29, 0.717) is 34.9 Å². The predicted molar refractivity (Wildman–Crippen MR) is 155 cm³/mol. The monoisotopic (exact) mass is 528 g/mol. The third-order valence-corrected chi connectivity index (χ3v) is 7.57. The van der Waals surface area contributed by atoms with Crippen LogP contribution in [0.2, 0.25) is 0 Å². The summed E-state index contributed by atoms with van der Waals surface area (Å²) in [4.78, 5) is 33.7. The second-order valence-corrected chi connectivity index (χ2v) is 10.3. The zero-order chi connectivity index (χ0) is 26.3. The van der Waals surface area contributed by atoms with Gasteiger partial charge in [0.2, 0.25) is 5.91 Å². The molecule has 1 aromatic heterocycles. The number of fused-ring (bicyclic) bond motifs is 1. The number of carbonyl (C=O) groups is 1. The molecular formula is C30H32N4O3S. The topological polar surface area (TPSA) is 76.5 Å². The Bertz CT molecular complexity index is 1450. The van der Waals surface area contributed by atoms with Crippen LogP contribution in [-0.2, 0) is 11.3 Å². The normalized spacial score (nSPS) is 13.4. The fraction of sp³-hybridized carbons (Fsp3) is 0.300. The molecular weight excluding hydrogens is 496 g/mol. The van der Waals surface area contributed by atoms with Crippen molar-refractivity contribution in [2.45, 2.75) is 37.9 Å². The maximum atomic E-state index is 13.8. The van der Waals surface area contributed by atoms with Crippen LogP contribution in [0.3, 0.4) is 0 Å². The lowest BCUT2D eigenvalue weighted by molar-refractivity contribution is -0.113. The lowest BCUT2D eigenvalue weighted by Crippen LogP contribution is -2.30. The zero-order valence-corrected chi connectivity index (χ0v) is 22.4. The van der Waals surface area contributed by atoms with Gasteiger partial charge in [-0.15, -0.1) is 0 Å². The van der Waals surface area contributed by atoms with E-state index in [1.54, 1.807) is 4.57 Å². The van der Waals surface area contributed by atoms with E-state index in [4.69, 9.17) is 9.72 Å². The van der Waals surface area contributed by atoms with Crippen molar-refractivity contribution in [3.05, 3.63) is 88.7 Å². The standard InChI is InChI=1S/C30H32N4O3S/c1-2-37-25-14-11-23(12-15-25)31-28(35)21-38-30-32-27-16-13-24(33-17-7-4-8-18-33)19-26(27)29(36)34(30)20-22-9-5-3-6-10-22/h3,5-6,9-16,19H,2,4,7-8,17-18,20-21H2,1H3,(H,31,35). The van der Waals surface area contributed by atoms with Crippen LogP contribution in [0.25, 0.3) is 10.9 Å². The molecule has 0 spiro atoms. The first kappa shape index (κ1) is 25.9. The number of anilines is 2. The van der Waals surface area contributed by atoms with Crippen molar-refractivity contribution in [1.29, 1.82) is 0 Å². The number of nitrogens with one attached hydrogen (secondary N) is 1. The number of nitrogens with zero attached hydrogens (tertiary/aromatic N) is 3. The van der Waals surface area contributed by atoms with Crippen molar-refractivity contribution < 1.29 is 9.53 Å². The van der Waals surface area contributed by atoms with Gasteiger partial charge in [0.15, 0.2) is 5.16 Å². The van der Waals surface area contributed by atoms with Crippen molar-refractivity contribution in [2.75, 3.05) is 35.7 Å². The maximum absolute atomic E-state index is 13.8. The average molecular weight is 529 g/mol. The summed E-state index contributed by atoms with van der Waals surface area (Å²) < 4.78 is 7.15. The third kappa shape index (κ3) is 6.19. The van der Waals surface area contributed by atoms with Crippen molar-refractivity contribution >= 4 is 39.9 Å². The molecule has 3 aromatic carbocycles. The van der Waals surface area contributed by atoms with Gasteiger partial charge in [0, 0.05) is 24.5 Å². The number of benzene rings is 3. The first-order valence-corrected chi connectivity index (χ1v) is 14.1. The van der Waals surface area contributed by atoms with Crippen LogP contribution in [0.5, 0.6) is 5.75 Å². The fourth-order valence-corrected chi connectivity index (χ4v) is 5.48. The first-order valence-electron chi connectivity index (χ1n) is 13.1. The van der Waals surface area contributed by atoms with E-state index in [1.807, 2.05) is 73.7 Å². The Morgan fingerprint density at radius 3 is 2.50 bits per heavy atom. The second kappa shape index (κ2) is 12.2. The first-order chi connectivity index (χ1) is 18.6. The molecule has 0 bridgehead atoms. The van der Waals surface area contributed by atoms with Crippen LogP contribution in [0.1, 0.15) is 31.7 Å². The summed E-state index contributed by atoms with van der Waals surface area (Å²) in [5.74, 6) is 0.722. The van der Waals surface area contributed by atoms with Crippen molar-refractivity contribution in [1.82, 2.24) is 9.55 Å². The minimum atomic E-state index is -0.166. The van der Waals surface area contributed by atoms with Gasteiger partial charge < -0.3 is 15.0 Å². The smallest absolute Gasteiger partial charge is 0.262 e. The van der Waals surface area contributed by atoms with Crippen molar-refractivity contribution in [3.63, 3.8) is 0 Å². The van der Waals surface area contributed by atoms with E-state index in [1.165, 1.54) is 31.0 Å². The van der Waals surface area contributed by atoms with Gasteiger partial charge >= 0.3 is 0 Å². The number of rotatable bonds is 9. The number of thioether (sulfide) groups is 1. The summed E-state index contributed by atoms with van der Waals surface area (Å²) in [6, 6.07) is 23.1. The molecule has 0 atom stereocenters. The minimum Gasteiger partial charge on any atom is -0.494 e. The van der Waals surface area contributed by atoms with Gasteiger partial charge in [-0.1, -0.05) is 42.1 Å². The van der Waals surface area contributed by atoms with E-state index in [9.17, 15) is 9.59 Å². The van der Waals surface area contributed by atoms with Crippen molar-refractivity contribution in [2.24, 2.45) is 0 Å². The van der Waals surface area contributed by atoms with Crippen LogP contribution >= 0.6 is 11.8 Å². The van der Waals surface area contributed by atoms with Crippen molar-refractivity contribution in [3.8, 4) is 5.75 Å². The quantitative estimate of drug-likeness (QED) is 0.226. The van der Waals surface area contributed by atoms with Crippen LogP contribution < -0.4 is 20.5 Å². The molecule has 0 unspecified atom stereocenters. The van der Waals surface area contributed by atoms with E-state index in [-0.39, 0.29) is 17.2 Å². The molecule has 0 radical (unpaired) electrons. The molecule has 1 amide bonds. The molecule has 1 fully saturated rings. The Kier molecular flexibility index (Phi) is 8.28. The maximum Gasteiger partial charge on any atom is 0.262 e. The number of piperidine rings is 1. The Labute approximate surface area is 226 Å². The second-order valence-electron chi connectivity index (χ2n) is 9.31. The molecule has 1 N–H and O–H groups in total. The largest absolute Gasteiger partial charge is 0.494 e. The molecule has 38 heavy (non-hydrogen) atoms. The number of carbonyl (C=O) groups excluding carboxylic acids is 1. The molecule has 196 valence electrons. The summed E-state index contributed by atoms with van der Waals surface area (Å²) in [5, 5.41) is 4.04. The van der Waals surface area contributed by atoms with E-state index >= 15 is 0 Å². The van der Waals surface area contributed by atoms with Gasteiger partial charge in [-0.2, -0.15) is 0 Å². The molecule has 4 aromatic rings. The van der Waals surface area contributed by atoms with Gasteiger partial charge in [-0.05, 0) is 74.2 Å². The van der Waals surface area contributed by atoms with Gasteiger partial charge in [-0.3, -0.25) is 14.2 Å². The molecule has 1 aliphatic heterocycles. The van der Waals surface area contributed by atoms with Gasteiger partial charge in [0.05, 0.1) is 29.8 Å². The Morgan fingerprint density at radius 1 is 1.00 bits per heavy atom.